The molecule has 78 valence electrons. The molecule has 0 aliphatic heterocycles. The summed E-state index contributed by atoms with van der Waals surface area (Å²) < 4.78 is 0. The normalized spacial score (nSPS) is 15.8. The molecule has 2 nitrogen and oxygen atoms in total. The fourth-order valence-corrected chi connectivity index (χ4v) is 1.65. The molecule has 0 aromatic rings. The van der Waals surface area contributed by atoms with Crippen molar-refractivity contribution in [1.29, 1.82) is 0 Å². The summed E-state index contributed by atoms with van der Waals surface area (Å²) in [6.45, 7) is 13.1. The van der Waals surface area contributed by atoms with Gasteiger partial charge >= 0.3 is 0 Å². The van der Waals surface area contributed by atoms with E-state index in [-0.39, 0.29) is 5.54 Å². The number of nitrogens with zero attached hydrogens (tertiary/aromatic N) is 1. The van der Waals surface area contributed by atoms with E-state index < -0.39 is 0 Å². The monoisotopic (exact) mass is 184 g/mol. The van der Waals surface area contributed by atoms with E-state index in [9.17, 15) is 0 Å². The molecule has 1 unspecified atom stereocenters. The van der Waals surface area contributed by atoms with Gasteiger partial charge < -0.3 is 5.73 Å². The largest absolute Gasteiger partial charge is 0.324 e. The third-order valence-corrected chi connectivity index (χ3v) is 2.24. The Morgan fingerprint density at radius 1 is 1.46 bits per heavy atom. The van der Waals surface area contributed by atoms with E-state index in [2.05, 4.69) is 32.3 Å². The molecular weight excluding hydrogens is 160 g/mol. The molecule has 0 heterocycles. The van der Waals surface area contributed by atoms with Gasteiger partial charge in [0.05, 0.1) is 0 Å². The van der Waals surface area contributed by atoms with Gasteiger partial charge in [0.25, 0.3) is 0 Å². The molecular formula is C11H24N2. The van der Waals surface area contributed by atoms with Crippen LogP contribution >= 0.6 is 0 Å². The molecule has 0 bridgehead atoms. The Labute approximate surface area is 82.8 Å². The average molecular weight is 184 g/mol. The number of hydrogen-bond acceptors (Lipinski definition) is 2. The molecule has 0 aliphatic rings. The van der Waals surface area contributed by atoms with Crippen LogP contribution in [0.25, 0.3) is 0 Å². The molecule has 0 fully saturated rings. The van der Waals surface area contributed by atoms with Gasteiger partial charge in [-0.05, 0) is 19.9 Å². The fraction of sp³-hybridized carbons (Fsp3) is 0.818. The van der Waals surface area contributed by atoms with Crippen LogP contribution in [-0.2, 0) is 0 Å². The van der Waals surface area contributed by atoms with Crippen molar-refractivity contribution in [3.05, 3.63) is 12.7 Å². The van der Waals surface area contributed by atoms with Crippen molar-refractivity contribution in [2.75, 3.05) is 19.6 Å². The lowest BCUT2D eigenvalue weighted by Gasteiger charge is -2.31. The van der Waals surface area contributed by atoms with Crippen LogP contribution in [-0.4, -0.2) is 30.1 Å². The summed E-state index contributed by atoms with van der Waals surface area (Å²) in [5.41, 5.74) is 6.11. The maximum absolute atomic E-state index is 6.16. The average Bonchev–Trinajstić information content (AvgIpc) is 2.03. The Morgan fingerprint density at radius 2 is 2.08 bits per heavy atom. The summed E-state index contributed by atoms with van der Waals surface area (Å²) in [7, 11) is 0. The fourth-order valence-electron chi connectivity index (χ4n) is 1.65. The van der Waals surface area contributed by atoms with Crippen LogP contribution in [0.5, 0.6) is 0 Å². The first kappa shape index (κ1) is 12.7. The van der Waals surface area contributed by atoms with Gasteiger partial charge in [0.2, 0.25) is 0 Å². The molecule has 0 saturated carbocycles. The summed E-state index contributed by atoms with van der Waals surface area (Å²) in [6, 6.07) is 0. The van der Waals surface area contributed by atoms with Gasteiger partial charge in [-0.1, -0.05) is 26.3 Å². The van der Waals surface area contributed by atoms with E-state index in [4.69, 9.17) is 5.73 Å². The first-order valence-corrected chi connectivity index (χ1v) is 5.18. The first-order valence-electron chi connectivity index (χ1n) is 5.18. The van der Waals surface area contributed by atoms with Crippen LogP contribution in [0.4, 0.5) is 0 Å². The number of hydrogen-bond donors (Lipinski definition) is 1. The molecule has 0 aromatic carbocycles. The Morgan fingerprint density at radius 3 is 2.46 bits per heavy atom. The number of likely N-dealkylation sites (N-methyl/N-ethyl adjacent to an activating group) is 1. The second-order valence-corrected chi connectivity index (χ2v) is 4.02. The summed E-state index contributed by atoms with van der Waals surface area (Å²) in [5, 5.41) is 0. The Bertz CT molecular complexity index is 141. The van der Waals surface area contributed by atoms with Crippen LogP contribution in [0, 0.1) is 0 Å². The van der Waals surface area contributed by atoms with E-state index in [1.54, 1.807) is 0 Å². The standard InChI is InChI=1S/C11H24N2/c1-5-8-11(4,12)10-13(7-3)9-6-2/h6H,2,5,7-10,12H2,1,3-4H3. The summed E-state index contributed by atoms with van der Waals surface area (Å²) in [6.07, 6.45) is 4.17. The van der Waals surface area contributed by atoms with E-state index >= 15 is 0 Å². The van der Waals surface area contributed by atoms with Crippen LogP contribution in [0.3, 0.4) is 0 Å². The maximum atomic E-state index is 6.16. The van der Waals surface area contributed by atoms with Crippen molar-refractivity contribution in [3.8, 4) is 0 Å². The second-order valence-electron chi connectivity index (χ2n) is 4.02. The molecule has 0 aromatic heterocycles. The lowest BCUT2D eigenvalue weighted by Crippen LogP contribution is -2.47. The predicted octanol–water partition coefficient (Wildman–Crippen LogP) is 2.01. The Balaban J connectivity index is 3.96. The summed E-state index contributed by atoms with van der Waals surface area (Å²) >= 11 is 0. The topological polar surface area (TPSA) is 29.3 Å². The predicted molar refractivity (Wildman–Crippen MR) is 59.8 cm³/mol. The van der Waals surface area contributed by atoms with Crippen LogP contribution in [0.15, 0.2) is 12.7 Å². The van der Waals surface area contributed by atoms with Crippen molar-refractivity contribution in [2.24, 2.45) is 5.73 Å². The molecule has 0 radical (unpaired) electrons. The minimum absolute atomic E-state index is 0.0478. The van der Waals surface area contributed by atoms with Crippen LogP contribution in [0.2, 0.25) is 0 Å². The zero-order chi connectivity index (χ0) is 10.3. The highest BCUT2D eigenvalue weighted by molar-refractivity contribution is 4.84. The molecule has 2 heteroatoms. The molecule has 0 rings (SSSR count). The van der Waals surface area contributed by atoms with Gasteiger partial charge in [0, 0.05) is 18.6 Å². The van der Waals surface area contributed by atoms with Crippen molar-refractivity contribution in [2.45, 2.75) is 39.2 Å². The van der Waals surface area contributed by atoms with Crippen molar-refractivity contribution in [3.63, 3.8) is 0 Å². The minimum atomic E-state index is -0.0478. The Kier molecular flexibility index (Phi) is 6.00. The van der Waals surface area contributed by atoms with Crippen LogP contribution < -0.4 is 5.73 Å². The lowest BCUT2D eigenvalue weighted by atomic mass is 9.97. The SMILES string of the molecule is C=CCN(CC)CC(C)(N)CCC. The number of rotatable bonds is 7. The maximum Gasteiger partial charge on any atom is 0.0254 e. The zero-order valence-electron chi connectivity index (χ0n) is 9.34. The zero-order valence-corrected chi connectivity index (χ0v) is 9.34. The summed E-state index contributed by atoms with van der Waals surface area (Å²) in [5.74, 6) is 0. The smallest absolute Gasteiger partial charge is 0.0254 e. The van der Waals surface area contributed by atoms with Gasteiger partial charge in [-0.2, -0.15) is 0 Å². The molecule has 0 spiro atoms. The van der Waals surface area contributed by atoms with Gasteiger partial charge in [-0.25, -0.2) is 0 Å². The molecule has 2 N–H and O–H groups in total. The molecule has 0 saturated heterocycles. The highest BCUT2D eigenvalue weighted by Gasteiger charge is 2.19. The molecule has 0 amide bonds. The van der Waals surface area contributed by atoms with Gasteiger partial charge in [-0.15, -0.1) is 6.58 Å². The highest BCUT2D eigenvalue weighted by Crippen LogP contribution is 2.10. The van der Waals surface area contributed by atoms with Crippen LogP contribution in [0.1, 0.15) is 33.6 Å². The third-order valence-electron chi connectivity index (χ3n) is 2.24. The second kappa shape index (κ2) is 6.17. The first-order chi connectivity index (χ1) is 6.05. The third kappa shape index (κ3) is 5.83. The molecule has 0 aliphatic carbocycles. The van der Waals surface area contributed by atoms with E-state index in [1.165, 1.54) is 0 Å². The van der Waals surface area contributed by atoms with Gasteiger partial charge in [0.1, 0.15) is 0 Å². The van der Waals surface area contributed by atoms with Gasteiger partial charge in [-0.3, -0.25) is 4.90 Å². The van der Waals surface area contributed by atoms with Crippen molar-refractivity contribution in [1.82, 2.24) is 4.90 Å². The minimum Gasteiger partial charge on any atom is -0.324 e. The van der Waals surface area contributed by atoms with Crippen molar-refractivity contribution >= 4 is 0 Å². The lowest BCUT2D eigenvalue weighted by molar-refractivity contribution is 0.236. The highest BCUT2D eigenvalue weighted by atomic mass is 15.1. The molecule has 13 heavy (non-hydrogen) atoms. The van der Waals surface area contributed by atoms with E-state index in [0.717, 1.165) is 32.5 Å². The quantitative estimate of drug-likeness (QED) is 0.613. The number of nitrogens with two attached hydrogens (primary N) is 1. The molecule has 1 atom stereocenters. The van der Waals surface area contributed by atoms with E-state index in [0.29, 0.717) is 0 Å². The van der Waals surface area contributed by atoms with Crippen molar-refractivity contribution < 1.29 is 0 Å². The Hall–Kier alpha value is -0.340. The summed E-state index contributed by atoms with van der Waals surface area (Å²) in [4.78, 5) is 2.32. The van der Waals surface area contributed by atoms with E-state index in [1.807, 2.05) is 6.08 Å². The van der Waals surface area contributed by atoms with Gasteiger partial charge in [0.15, 0.2) is 0 Å².